The lowest BCUT2D eigenvalue weighted by Crippen LogP contribution is -2.61. The lowest BCUT2D eigenvalue weighted by molar-refractivity contribution is -0.126. The van der Waals surface area contributed by atoms with Crippen LogP contribution in [0.15, 0.2) is 36.4 Å². The van der Waals surface area contributed by atoms with Crippen molar-refractivity contribution in [2.24, 2.45) is 0 Å². The molecule has 1 aliphatic carbocycles. The zero-order chi connectivity index (χ0) is 29.0. The molecular weight excluding hydrogens is 574 g/mol. The Kier molecular flexibility index (Phi) is 7.67. The van der Waals surface area contributed by atoms with E-state index in [2.05, 4.69) is 15.5 Å². The maximum Gasteiger partial charge on any atom is 0.248 e. The summed E-state index contributed by atoms with van der Waals surface area (Å²) in [5.74, 6) is -5.20. The van der Waals surface area contributed by atoms with E-state index in [1.807, 2.05) is 0 Å². The molecule has 6 rings (SSSR count). The Morgan fingerprint density at radius 3 is 2.49 bits per heavy atom. The summed E-state index contributed by atoms with van der Waals surface area (Å²) in [6, 6.07) is 8.58. The van der Waals surface area contributed by atoms with Crippen LogP contribution in [0.3, 0.4) is 0 Å². The Balaban J connectivity index is 1.47. The molecule has 41 heavy (non-hydrogen) atoms. The number of benzene rings is 2. The summed E-state index contributed by atoms with van der Waals surface area (Å²) < 4.78 is 45.1. The van der Waals surface area contributed by atoms with E-state index < -0.39 is 53.4 Å². The van der Waals surface area contributed by atoms with Crippen LogP contribution in [0, 0.1) is 5.82 Å². The van der Waals surface area contributed by atoms with Crippen molar-refractivity contribution in [3.63, 3.8) is 0 Å². The molecule has 0 aromatic heterocycles. The predicted molar refractivity (Wildman–Crippen MR) is 154 cm³/mol. The van der Waals surface area contributed by atoms with Gasteiger partial charge < -0.3 is 10.2 Å². The number of rotatable bonds is 6. The highest BCUT2D eigenvalue weighted by molar-refractivity contribution is 6.31. The van der Waals surface area contributed by atoms with Crippen LogP contribution in [0.2, 0.25) is 10.0 Å². The van der Waals surface area contributed by atoms with Crippen molar-refractivity contribution in [3.05, 3.63) is 63.4 Å². The second kappa shape index (κ2) is 10.9. The number of Topliss-reactive ketones (excluding diaryl/α,β-unsaturated/α-hetero) is 1. The Hall–Kier alpha value is -2.13. The minimum absolute atomic E-state index is 0.0499. The molecule has 2 aromatic carbocycles. The third-order valence-electron chi connectivity index (χ3n) is 9.84. The fraction of sp³-hybridized carbons (Fsp3) is 0.548. The molecule has 3 atom stereocenters. The molecule has 0 unspecified atom stereocenters. The van der Waals surface area contributed by atoms with Crippen LogP contribution in [0.4, 0.5) is 18.9 Å². The molecule has 3 heterocycles. The number of hydrogen-bond acceptors (Lipinski definition) is 4. The number of likely N-dealkylation sites (tertiary alicyclic amines) is 1. The van der Waals surface area contributed by atoms with Crippen molar-refractivity contribution in [1.82, 2.24) is 10.2 Å². The first-order chi connectivity index (χ1) is 19.6. The molecule has 1 amide bonds. The number of carbonyl (C=O) groups is 2. The van der Waals surface area contributed by atoms with Gasteiger partial charge in [0.1, 0.15) is 17.0 Å². The maximum atomic E-state index is 15.9. The Morgan fingerprint density at radius 2 is 1.76 bits per heavy atom. The van der Waals surface area contributed by atoms with E-state index in [1.165, 1.54) is 12.5 Å². The van der Waals surface area contributed by atoms with Crippen LogP contribution in [0.1, 0.15) is 74.8 Å². The molecule has 1 saturated carbocycles. The number of piperidine rings is 1. The zero-order valence-electron chi connectivity index (χ0n) is 22.8. The number of nitrogens with zero attached hydrogens (tertiary/aromatic N) is 1. The van der Waals surface area contributed by atoms with Crippen LogP contribution in [0.25, 0.3) is 0 Å². The summed E-state index contributed by atoms with van der Waals surface area (Å²) in [5.41, 5.74) is -1.61. The molecule has 2 saturated heterocycles. The van der Waals surface area contributed by atoms with Gasteiger partial charge in [0.15, 0.2) is 0 Å². The Labute approximate surface area is 248 Å². The number of halogens is 5. The van der Waals surface area contributed by atoms with Crippen molar-refractivity contribution in [1.29, 1.82) is 0 Å². The zero-order valence-corrected chi connectivity index (χ0v) is 24.3. The second-order valence-corrected chi connectivity index (χ2v) is 12.9. The first-order valence-corrected chi connectivity index (χ1v) is 15.3. The van der Waals surface area contributed by atoms with Crippen molar-refractivity contribution >= 4 is 40.6 Å². The third-order valence-corrected chi connectivity index (χ3v) is 10.4. The van der Waals surface area contributed by atoms with Gasteiger partial charge in [0.2, 0.25) is 11.8 Å². The highest BCUT2D eigenvalue weighted by atomic mass is 35.5. The normalized spacial score (nSPS) is 28.7. The van der Waals surface area contributed by atoms with E-state index in [1.54, 1.807) is 30.3 Å². The molecule has 220 valence electrons. The number of carbonyl (C=O) groups excluding carboxylic acids is 2. The molecule has 5 nitrogen and oxygen atoms in total. The molecule has 2 aromatic rings. The quantitative estimate of drug-likeness (QED) is 0.376. The third kappa shape index (κ3) is 4.79. The Bertz CT molecular complexity index is 1360. The lowest BCUT2D eigenvalue weighted by Gasteiger charge is -2.48. The lowest BCUT2D eigenvalue weighted by atomic mass is 9.55. The first-order valence-electron chi connectivity index (χ1n) is 14.5. The van der Waals surface area contributed by atoms with Crippen LogP contribution in [-0.2, 0) is 15.0 Å². The molecule has 0 bridgehead atoms. The number of hydrogen-bond donors (Lipinski definition) is 2. The van der Waals surface area contributed by atoms with Gasteiger partial charge in [-0.3, -0.25) is 14.9 Å². The summed E-state index contributed by atoms with van der Waals surface area (Å²) in [7, 11) is 0. The van der Waals surface area contributed by atoms with Gasteiger partial charge in [-0.2, -0.15) is 0 Å². The van der Waals surface area contributed by atoms with Crippen LogP contribution >= 0.6 is 23.2 Å². The van der Waals surface area contributed by atoms with E-state index in [9.17, 15) is 18.4 Å². The summed E-state index contributed by atoms with van der Waals surface area (Å²) in [5, 5.41) is 6.64. The number of amides is 1. The van der Waals surface area contributed by atoms with Gasteiger partial charge >= 0.3 is 0 Å². The van der Waals surface area contributed by atoms with Crippen molar-refractivity contribution in [2.75, 3.05) is 25.0 Å². The van der Waals surface area contributed by atoms with Gasteiger partial charge in [0.25, 0.3) is 0 Å². The van der Waals surface area contributed by atoms with E-state index >= 15 is 4.39 Å². The second-order valence-electron chi connectivity index (χ2n) is 12.1. The van der Waals surface area contributed by atoms with Gasteiger partial charge in [-0.25, -0.2) is 13.2 Å². The van der Waals surface area contributed by atoms with Gasteiger partial charge in [-0.05, 0) is 81.1 Å². The SMILES string of the molecule is O=C(CCCN1CCCCC1)[C@@H]1NC2(CCC(F)(F)CC2)[C@@]2(C(=O)Nc3cc(Cl)ccc32)[C@H]1c1cccc(Cl)c1F. The number of alkyl halides is 2. The monoisotopic (exact) mass is 607 g/mol. The smallest absolute Gasteiger partial charge is 0.248 e. The van der Waals surface area contributed by atoms with E-state index in [-0.39, 0.29) is 35.6 Å². The number of anilines is 1. The summed E-state index contributed by atoms with van der Waals surface area (Å²) in [6.45, 7) is 2.79. The predicted octanol–water partition coefficient (Wildman–Crippen LogP) is 6.86. The number of nitrogens with one attached hydrogen (secondary N) is 2. The fourth-order valence-electron chi connectivity index (χ4n) is 7.97. The summed E-state index contributed by atoms with van der Waals surface area (Å²) >= 11 is 12.5. The molecule has 4 aliphatic rings. The van der Waals surface area contributed by atoms with Crippen LogP contribution < -0.4 is 10.6 Å². The molecule has 2 spiro atoms. The average molecular weight is 609 g/mol. The standard InChI is InChI=1S/C31H34Cl2F3N3O2/c32-19-9-10-21-23(18-19)37-28(41)31(21)25(20-6-4-7-22(33)26(20)34)27(38-29(31)11-13-30(35,36)14-12-29)24(40)8-5-17-39-15-2-1-3-16-39/h4,6-7,9-10,18,25,27,38H,1-3,5,8,11-17H2,(H,37,41)/t25-,27-,31+/m0/s1. The molecule has 3 aliphatic heterocycles. The average Bonchev–Trinajstić information content (AvgIpc) is 3.40. The first kappa shape index (κ1) is 29.0. The largest absolute Gasteiger partial charge is 0.325 e. The van der Waals surface area contributed by atoms with Crippen molar-refractivity contribution in [2.45, 2.75) is 86.6 Å². The number of ketones is 1. The summed E-state index contributed by atoms with van der Waals surface area (Å²) in [6.07, 6.45) is 3.36. The highest BCUT2D eigenvalue weighted by Gasteiger charge is 2.73. The minimum atomic E-state index is -2.89. The molecule has 10 heteroatoms. The molecule has 0 radical (unpaired) electrons. The molecular formula is C31H34Cl2F3N3O2. The van der Waals surface area contributed by atoms with E-state index in [4.69, 9.17) is 23.2 Å². The molecule has 2 N–H and O–H groups in total. The van der Waals surface area contributed by atoms with E-state index in [0.717, 1.165) is 32.5 Å². The Morgan fingerprint density at radius 1 is 1.02 bits per heavy atom. The number of fused-ring (bicyclic) bond motifs is 3. The topological polar surface area (TPSA) is 61.4 Å². The van der Waals surface area contributed by atoms with Gasteiger partial charge in [0.05, 0.1) is 11.1 Å². The van der Waals surface area contributed by atoms with Crippen LogP contribution in [-0.4, -0.2) is 53.7 Å². The van der Waals surface area contributed by atoms with Gasteiger partial charge in [-0.15, -0.1) is 0 Å². The minimum Gasteiger partial charge on any atom is -0.325 e. The van der Waals surface area contributed by atoms with Gasteiger partial charge in [0, 0.05) is 41.4 Å². The van der Waals surface area contributed by atoms with Crippen LogP contribution in [0.5, 0.6) is 0 Å². The van der Waals surface area contributed by atoms with E-state index in [0.29, 0.717) is 22.7 Å². The molecule has 3 fully saturated rings. The van der Waals surface area contributed by atoms with Crippen molar-refractivity contribution in [3.8, 4) is 0 Å². The summed E-state index contributed by atoms with van der Waals surface area (Å²) in [4.78, 5) is 30.8. The fourth-order valence-corrected chi connectivity index (χ4v) is 8.32. The highest BCUT2D eigenvalue weighted by Crippen LogP contribution is 2.64. The van der Waals surface area contributed by atoms with Gasteiger partial charge in [-0.1, -0.05) is 47.8 Å². The maximum absolute atomic E-state index is 15.9. The van der Waals surface area contributed by atoms with Crippen molar-refractivity contribution < 1.29 is 22.8 Å².